The molecule has 0 aliphatic heterocycles. The molecular weight excluding hydrogens is 194 g/mol. The summed E-state index contributed by atoms with van der Waals surface area (Å²) in [4.78, 5) is 10.3. The van der Waals surface area contributed by atoms with Crippen molar-refractivity contribution in [3.8, 4) is 0 Å². The van der Waals surface area contributed by atoms with E-state index in [0.29, 0.717) is 18.6 Å². The second kappa shape index (κ2) is 4.94. The van der Waals surface area contributed by atoms with Crippen molar-refractivity contribution in [2.75, 3.05) is 13.7 Å². The second-order valence-electron chi connectivity index (χ2n) is 4.79. The van der Waals surface area contributed by atoms with Gasteiger partial charge in [-0.25, -0.2) is 0 Å². The number of nitrogens with one attached hydrogen (secondary N) is 1. The van der Waals surface area contributed by atoms with Gasteiger partial charge < -0.3 is 15.2 Å². The zero-order valence-corrected chi connectivity index (χ0v) is 9.75. The third-order valence-electron chi connectivity index (χ3n) is 3.42. The van der Waals surface area contributed by atoms with Gasteiger partial charge in [-0.2, -0.15) is 0 Å². The highest BCUT2D eigenvalue weighted by atomic mass is 16.5. The van der Waals surface area contributed by atoms with Gasteiger partial charge in [-0.3, -0.25) is 4.79 Å². The summed E-state index contributed by atoms with van der Waals surface area (Å²) in [6.45, 7) is 5.13. The monoisotopic (exact) mass is 215 g/mol. The quantitative estimate of drug-likeness (QED) is 0.655. The summed E-state index contributed by atoms with van der Waals surface area (Å²) >= 11 is 0. The van der Waals surface area contributed by atoms with Crippen LogP contribution in [-0.4, -0.2) is 36.9 Å². The third kappa shape index (κ3) is 2.92. The largest absolute Gasteiger partial charge is 0.481 e. The molecule has 1 aliphatic carbocycles. The van der Waals surface area contributed by atoms with E-state index in [0.717, 1.165) is 13.0 Å². The number of carboxylic acid groups (broad SMARTS) is 1. The Balaban J connectivity index is 2.16. The van der Waals surface area contributed by atoms with Crippen molar-refractivity contribution in [2.24, 2.45) is 5.41 Å². The topological polar surface area (TPSA) is 58.6 Å². The lowest BCUT2D eigenvalue weighted by molar-refractivity contribution is -0.137. The summed E-state index contributed by atoms with van der Waals surface area (Å²) in [5.74, 6) is -0.723. The predicted molar refractivity (Wildman–Crippen MR) is 57.9 cm³/mol. The van der Waals surface area contributed by atoms with Gasteiger partial charge in [0.15, 0.2) is 0 Å². The molecule has 2 atom stereocenters. The zero-order chi connectivity index (χ0) is 11.5. The van der Waals surface area contributed by atoms with Crippen molar-refractivity contribution >= 4 is 5.97 Å². The first kappa shape index (κ1) is 12.5. The van der Waals surface area contributed by atoms with Gasteiger partial charge in [0.25, 0.3) is 0 Å². The van der Waals surface area contributed by atoms with Crippen molar-refractivity contribution < 1.29 is 14.6 Å². The summed E-state index contributed by atoms with van der Waals surface area (Å²) in [5.41, 5.74) is 0.165. The van der Waals surface area contributed by atoms with Gasteiger partial charge in [-0.15, -0.1) is 0 Å². The second-order valence-corrected chi connectivity index (χ2v) is 4.79. The Labute approximate surface area is 91.0 Å². The van der Waals surface area contributed by atoms with E-state index >= 15 is 0 Å². The van der Waals surface area contributed by atoms with Gasteiger partial charge in [0, 0.05) is 25.0 Å². The molecule has 4 nitrogen and oxygen atoms in total. The number of carbonyl (C=O) groups is 1. The summed E-state index contributed by atoms with van der Waals surface area (Å²) in [6.07, 6.45) is 2.29. The summed E-state index contributed by atoms with van der Waals surface area (Å²) < 4.78 is 5.34. The Hall–Kier alpha value is -0.610. The van der Waals surface area contributed by atoms with Crippen LogP contribution in [0.1, 0.15) is 33.1 Å². The van der Waals surface area contributed by atoms with Crippen LogP contribution >= 0.6 is 0 Å². The molecule has 0 aromatic carbocycles. The van der Waals surface area contributed by atoms with Crippen LogP contribution in [0.3, 0.4) is 0 Å². The van der Waals surface area contributed by atoms with E-state index < -0.39 is 5.97 Å². The van der Waals surface area contributed by atoms with Crippen molar-refractivity contribution in [1.82, 2.24) is 5.32 Å². The van der Waals surface area contributed by atoms with E-state index in [2.05, 4.69) is 19.2 Å². The Morgan fingerprint density at radius 1 is 1.60 bits per heavy atom. The van der Waals surface area contributed by atoms with Crippen LogP contribution in [0.2, 0.25) is 0 Å². The van der Waals surface area contributed by atoms with Crippen LogP contribution < -0.4 is 5.32 Å². The van der Waals surface area contributed by atoms with Gasteiger partial charge >= 0.3 is 5.97 Å². The molecule has 1 aliphatic rings. The normalized spacial score (nSPS) is 28.5. The number of hydrogen-bond acceptors (Lipinski definition) is 3. The van der Waals surface area contributed by atoms with Crippen molar-refractivity contribution in [3.63, 3.8) is 0 Å². The number of hydrogen-bond donors (Lipinski definition) is 2. The van der Waals surface area contributed by atoms with Gasteiger partial charge in [0.2, 0.25) is 0 Å². The average molecular weight is 215 g/mol. The lowest BCUT2D eigenvalue weighted by Crippen LogP contribution is -2.60. The number of ether oxygens (including phenoxy) is 1. The molecule has 0 saturated heterocycles. The van der Waals surface area contributed by atoms with Gasteiger partial charge in [-0.05, 0) is 19.4 Å². The maximum atomic E-state index is 10.3. The van der Waals surface area contributed by atoms with Crippen LogP contribution in [0.5, 0.6) is 0 Å². The maximum absolute atomic E-state index is 10.3. The molecule has 0 heterocycles. The molecule has 2 N–H and O–H groups in total. The molecule has 1 rings (SSSR count). The average Bonchev–Trinajstić information content (AvgIpc) is 2.15. The van der Waals surface area contributed by atoms with E-state index in [9.17, 15) is 4.79 Å². The minimum Gasteiger partial charge on any atom is -0.481 e. The van der Waals surface area contributed by atoms with Crippen molar-refractivity contribution in [1.29, 1.82) is 0 Å². The third-order valence-corrected chi connectivity index (χ3v) is 3.42. The lowest BCUT2D eigenvalue weighted by atomic mass is 9.64. The van der Waals surface area contributed by atoms with E-state index in [1.807, 2.05) is 0 Å². The van der Waals surface area contributed by atoms with Crippen LogP contribution in [0.15, 0.2) is 0 Å². The summed E-state index contributed by atoms with van der Waals surface area (Å²) in [5, 5.41) is 11.9. The molecule has 0 radical (unpaired) electrons. The van der Waals surface area contributed by atoms with E-state index in [4.69, 9.17) is 9.84 Å². The molecule has 4 heteroatoms. The van der Waals surface area contributed by atoms with Gasteiger partial charge in [0.05, 0.1) is 6.10 Å². The SMILES string of the molecule is COC1CC(NCCCC(=O)O)C1(C)C. The van der Waals surface area contributed by atoms with Gasteiger partial charge in [-0.1, -0.05) is 13.8 Å². The highest BCUT2D eigenvalue weighted by Crippen LogP contribution is 2.42. The van der Waals surface area contributed by atoms with Gasteiger partial charge in [0.1, 0.15) is 0 Å². The first-order valence-corrected chi connectivity index (χ1v) is 5.46. The molecule has 1 fully saturated rings. The Morgan fingerprint density at radius 2 is 2.27 bits per heavy atom. The molecule has 0 spiro atoms. The number of aliphatic carboxylic acids is 1. The standard InChI is InChI=1S/C11H21NO3/c1-11(2)8(7-9(11)15-3)12-6-4-5-10(13)14/h8-9,12H,4-7H2,1-3H3,(H,13,14). The van der Waals surface area contributed by atoms with Crippen LogP contribution in [-0.2, 0) is 9.53 Å². The number of methoxy groups -OCH3 is 1. The molecule has 0 aromatic rings. The Bertz CT molecular complexity index is 228. The zero-order valence-electron chi connectivity index (χ0n) is 9.75. The predicted octanol–water partition coefficient (Wildman–Crippen LogP) is 1.25. The molecule has 15 heavy (non-hydrogen) atoms. The lowest BCUT2D eigenvalue weighted by Gasteiger charge is -2.51. The summed E-state index contributed by atoms with van der Waals surface area (Å²) in [6, 6.07) is 0.455. The fourth-order valence-corrected chi connectivity index (χ4v) is 2.15. The Morgan fingerprint density at radius 3 is 2.73 bits per heavy atom. The minimum atomic E-state index is -0.723. The van der Waals surface area contributed by atoms with E-state index in [-0.39, 0.29) is 11.8 Å². The highest BCUT2D eigenvalue weighted by molar-refractivity contribution is 5.66. The first-order valence-electron chi connectivity index (χ1n) is 5.46. The summed E-state index contributed by atoms with van der Waals surface area (Å²) in [7, 11) is 1.74. The van der Waals surface area contributed by atoms with Crippen LogP contribution in [0, 0.1) is 5.41 Å². The molecule has 1 saturated carbocycles. The fourth-order valence-electron chi connectivity index (χ4n) is 2.15. The van der Waals surface area contributed by atoms with E-state index in [1.54, 1.807) is 7.11 Å². The molecule has 0 amide bonds. The van der Waals surface area contributed by atoms with Crippen molar-refractivity contribution in [3.05, 3.63) is 0 Å². The fraction of sp³-hybridized carbons (Fsp3) is 0.909. The molecular formula is C11H21NO3. The highest BCUT2D eigenvalue weighted by Gasteiger charge is 2.47. The first-order chi connectivity index (χ1) is 6.98. The van der Waals surface area contributed by atoms with E-state index in [1.165, 1.54) is 0 Å². The number of carboxylic acids is 1. The molecule has 88 valence electrons. The smallest absolute Gasteiger partial charge is 0.303 e. The number of rotatable bonds is 6. The molecule has 0 bridgehead atoms. The molecule has 0 aromatic heterocycles. The molecule has 2 unspecified atom stereocenters. The Kier molecular flexibility index (Phi) is 4.11. The van der Waals surface area contributed by atoms with Crippen LogP contribution in [0.25, 0.3) is 0 Å². The van der Waals surface area contributed by atoms with Crippen molar-refractivity contribution in [2.45, 2.75) is 45.3 Å². The van der Waals surface area contributed by atoms with Crippen LogP contribution in [0.4, 0.5) is 0 Å². The minimum absolute atomic E-state index is 0.165. The maximum Gasteiger partial charge on any atom is 0.303 e.